The van der Waals surface area contributed by atoms with E-state index < -0.39 is 12.4 Å². The van der Waals surface area contributed by atoms with Gasteiger partial charge in [-0.3, -0.25) is 4.79 Å². The van der Waals surface area contributed by atoms with Gasteiger partial charge in [0, 0.05) is 17.0 Å². The van der Waals surface area contributed by atoms with E-state index in [1.807, 2.05) is 24.3 Å². The Morgan fingerprint density at radius 3 is 2.55 bits per heavy atom. The number of hydrogen-bond acceptors (Lipinski definition) is 4. The second kappa shape index (κ2) is 7.89. The second-order valence-corrected chi connectivity index (χ2v) is 7.27. The molecule has 0 N–H and O–H groups in total. The monoisotopic (exact) mass is 399 g/mol. The maximum absolute atomic E-state index is 14.0. The number of esters is 1. The minimum Gasteiger partial charge on any atom is -0.465 e. The molecular formula is C22H23F2N3O2. The molecule has 0 amide bonds. The van der Waals surface area contributed by atoms with Crippen LogP contribution in [0.3, 0.4) is 0 Å². The number of halogens is 2. The highest BCUT2D eigenvalue weighted by Gasteiger charge is 2.33. The van der Waals surface area contributed by atoms with Crippen molar-refractivity contribution in [3.63, 3.8) is 0 Å². The van der Waals surface area contributed by atoms with Gasteiger partial charge in [-0.15, -0.1) is 0 Å². The molecule has 0 radical (unpaired) electrons. The summed E-state index contributed by atoms with van der Waals surface area (Å²) in [5.41, 5.74) is 3.20. The van der Waals surface area contributed by atoms with E-state index in [2.05, 4.69) is 17.0 Å². The fourth-order valence-corrected chi connectivity index (χ4v) is 3.54. The molecule has 29 heavy (non-hydrogen) atoms. The molecule has 2 aromatic heterocycles. The van der Waals surface area contributed by atoms with Crippen molar-refractivity contribution >= 4 is 17.0 Å². The van der Waals surface area contributed by atoms with E-state index >= 15 is 0 Å². The Morgan fingerprint density at radius 2 is 1.97 bits per heavy atom. The Balaban J connectivity index is 1.89. The Labute approximate surface area is 167 Å². The SMILES string of the molecule is CCOC(=O)Cn1nc(C2CC2)c2c(C(F)F)cc(-c3ccc(CC)cc3)nc21. The van der Waals surface area contributed by atoms with Gasteiger partial charge < -0.3 is 4.74 Å². The van der Waals surface area contributed by atoms with Gasteiger partial charge in [0.2, 0.25) is 0 Å². The summed E-state index contributed by atoms with van der Waals surface area (Å²) in [4.78, 5) is 16.7. The maximum atomic E-state index is 14.0. The minimum absolute atomic E-state index is 0.0819. The van der Waals surface area contributed by atoms with Crippen LogP contribution in [0.25, 0.3) is 22.3 Å². The van der Waals surface area contributed by atoms with Crippen molar-refractivity contribution in [2.24, 2.45) is 0 Å². The van der Waals surface area contributed by atoms with Crippen LogP contribution in [-0.2, 0) is 22.5 Å². The molecule has 1 saturated carbocycles. The zero-order valence-electron chi connectivity index (χ0n) is 16.5. The molecule has 1 aromatic carbocycles. The lowest BCUT2D eigenvalue weighted by molar-refractivity contribution is -0.143. The zero-order valence-corrected chi connectivity index (χ0v) is 16.5. The summed E-state index contributed by atoms with van der Waals surface area (Å²) in [6.07, 6.45) is 0.0569. The summed E-state index contributed by atoms with van der Waals surface area (Å²) < 4.78 is 34.5. The average Bonchev–Trinajstić information content (AvgIpc) is 3.50. The lowest BCUT2D eigenvalue weighted by Gasteiger charge is -2.09. The third-order valence-corrected chi connectivity index (χ3v) is 5.20. The van der Waals surface area contributed by atoms with Crippen LogP contribution in [0.1, 0.15) is 55.9 Å². The number of hydrogen-bond donors (Lipinski definition) is 0. The summed E-state index contributed by atoms with van der Waals surface area (Å²) in [5.74, 6) is -0.313. The van der Waals surface area contributed by atoms with Gasteiger partial charge in [0.25, 0.3) is 6.43 Å². The van der Waals surface area contributed by atoms with Crippen molar-refractivity contribution in [3.05, 3.63) is 47.2 Å². The molecule has 0 atom stereocenters. The van der Waals surface area contributed by atoms with Crippen LogP contribution in [-0.4, -0.2) is 27.3 Å². The molecule has 0 saturated heterocycles. The highest BCUT2D eigenvalue weighted by Crippen LogP contribution is 2.45. The maximum Gasteiger partial charge on any atom is 0.327 e. The van der Waals surface area contributed by atoms with E-state index in [4.69, 9.17) is 4.74 Å². The summed E-state index contributed by atoms with van der Waals surface area (Å²) in [6.45, 7) is 3.88. The number of alkyl halides is 2. The Bertz CT molecular complexity index is 1040. The molecule has 5 nitrogen and oxygen atoms in total. The third-order valence-electron chi connectivity index (χ3n) is 5.20. The average molecular weight is 399 g/mol. The topological polar surface area (TPSA) is 57.0 Å². The quantitative estimate of drug-likeness (QED) is 0.523. The number of aryl methyl sites for hydroxylation is 1. The Kier molecular flexibility index (Phi) is 5.30. The molecule has 0 aliphatic heterocycles. The van der Waals surface area contributed by atoms with Crippen molar-refractivity contribution in [2.45, 2.75) is 52.0 Å². The first kappa shape index (κ1) is 19.5. The fourth-order valence-electron chi connectivity index (χ4n) is 3.54. The van der Waals surface area contributed by atoms with E-state index in [0.717, 1.165) is 30.4 Å². The summed E-state index contributed by atoms with van der Waals surface area (Å²) >= 11 is 0. The summed E-state index contributed by atoms with van der Waals surface area (Å²) in [5, 5.41) is 4.87. The molecule has 0 spiro atoms. The number of ether oxygens (including phenoxy) is 1. The predicted molar refractivity (Wildman–Crippen MR) is 106 cm³/mol. The van der Waals surface area contributed by atoms with Crippen molar-refractivity contribution < 1.29 is 18.3 Å². The smallest absolute Gasteiger partial charge is 0.327 e. The number of pyridine rings is 1. The molecule has 4 rings (SSSR count). The van der Waals surface area contributed by atoms with Crippen LogP contribution >= 0.6 is 0 Å². The normalized spacial score (nSPS) is 14.0. The molecule has 0 bridgehead atoms. The lowest BCUT2D eigenvalue weighted by atomic mass is 10.0. The molecule has 1 fully saturated rings. The third kappa shape index (κ3) is 3.86. The number of carbonyl (C=O) groups excluding carboxylic acids is 1. The highest BCUT2D eigenvalue weighted by molar-refractivity contribution is 5.87. The van der Waals surface area contributed by atoms with Gasteiger partial charge in [-0.05, 0) is 37.8 Å². The van der Waals surface area contributed by atoms with Gasteiger partial charge in [-0.25, -0.2) is 18.4 Å². The fraction of sp³-hybridized carbons (Fsp3) is 0.409. The van der Waals surface area contributed by atoms with Crippen LogP contribution in [0.4, 0.5) is 8.78 Å². The Hall–Kier alpha value is -2.83. The van der Waals surface area contributed by atoms with Gasteiger partial charge in [-0.2, -0.15) is 5.10 Å². The van der Waals surface area contributed by atoms with Crippen LogP contribution in [0, 0.1) is 0 Å². The van der Waals surface area contributed by atoms with Gasteiger partial charge in [-0.1, -0.05) is 31.2 Å². The molecule has 1 aliphatic carbocycles. The van der Waals surface area contributed by atoms with Gasteiger partial charge in [0.15, 0.2) is 5.65 Å². The van der Waals surface area contributed by atoms with Crippen LogP contribution < -0.4 is 0 Å². The number of benzene rings is 1. The van der Waals surface area contributed by atoms with Crippen molar-refractivity contribution in [2.75, 3.05) is 6.61 Å². The van der Waals surface area contributed by atoms with E-state index in [0.29, 0.717) is 22.4 Å². The van der Waals surface area contributed by atoms with Crippen molar-refractivity contribution in [1.82, 2.24) is 14.8 Å². The zero-order chi connectivity index (χ0) is 20.5. The van der Waals surface area contributed by atoms with Crippen molar-refractivity contribution in [1.29, 1.82) is 0 Å². The molecule has 3 aromatic rings. The number of aromatic nitrogens is 3. The minimum atomic E-state index is -2.66. The molecule has 0 unspecified atom stereocenters. The van der Waals surface area contributed by atoms with Gasteiger partial charge in [0.05, 0.1) is 23.4 Å². The first-order valence-corrected chi connectivity index (χ1v) is 9.96. The first-order chi connectivity index (χ1) is 14.0. The predicted octanol–water partition coefficient (Wildman–Crippen LogP) is 5.04. The van der Waals surface area contributed by atoms with Crippen LogP contribution in [0.15, 0.2) is 30.3 Å². The molecular weight excluding hydrogens is 376 g/mol. The van der Waals surface area contributed by atoms with E-state index in [9.17, 15) is 13.6 Å². The van der Waals surface area contributed by atoms with Crippen molar-refractivity contribution in [3.8, 4) is 11.3 Å². The standard InChI is InChI=1S/C22H23F2N3O2/c1-3-13-5-7-14(8-6-13)17-11-16(21(23)24)19-20(15-9-10-15)26-27(22(19)25-17)12-18(28)29-4-2/h5-8,11,15,21H,3-4,9-10,12H2,1-2H3. The van der Waals surface area contributed by atoms with Crippen LogP contribution in [0.5, 0.6) is 0 Å². The Morgan fingerprint density at radius 1 is 1.24 bits per heavy atom. The number of fused-ring (bicyclic) bond motifs is 1. The van der Waals surface area contributed by atoms with E-state index in [1.54, 1.807) is 6.92 Å². The lowest BCUT2D eigenvalue weighted by Crippen LogP contribution is -2.15. The van der Waals surface area contributed by atoms with Gasteiger partial charge >= 0.3 is 5.97 Å². The summed E-state index contributed by atoms with van der Waals surface area (Å²) in [7, 11) is 0. The highest BCUT2D eigenvalue weighted by atomic mass is 19.3. The van der Waals surface area contributed by atoms with E-state index in [-0.39, 0.29) is 24.6 Å². The molecule has 2 heterocycles. The van der Waals surface area contributed by atoms with Gasteiger partial charge in [0.1, 0.15) is 6.54 Å². The molecule has 7 heteroatoms. The number of rotatable bonds is 7. The van der Waals surface area contributed by atoms with E-state index in [1.165, 1.54) is 10.7 Å². The largest absolute Gasteiger partial charge is 0.465 e. The number of nitrogens with zero attached hydrogens (tertiary/aromatic N) is 3. The molecule has 152 valence electrons. The molecule has 1 aliphatic rings. The summed E-state index contributed by atoms with van der Waals surface area (Å²) in [6, 6.07) is 9.16. The van der Waals surface area contributed by atoms with Crippen LogP contribution in [0.2, 0.25) is 0 Å². The second-order valence-electron chi connectivity index (χ2n) is 7.27. The first-order valence-electron chi connectivity index (χ1n) is 9.96. The number of carbonyl (C=O) groups is 1.